The predicted molar refractivity (Wildman–Crippen MR) is 53.6 cm³/mol. The lowest BCUT2D eigenvalue weighted by Crippen LogP contribution is -1.87. The van der Waals surface area contributed by atoms with E-state index in [-0.39, 0.29) is 5.88 Å². The van der Waals surface area contributed by atoms with Crippen molar-refractivity contribution in [3.63, 3.8) is 0 Å². The van der Waals surface area contributed by atoms with Gasteiger partial charge in [0.15, 0.2) is 5.82 Å². The molecule has 0 saturated carbocycles. The first kappa shape index (κ1) is 9.92. The Kier molecular flexibility index (Phi) is 2.82. The van der Waals surface area contributed by atoms with Crippen molar-refractivity contribution < 1.29 is 9.26 Å². The number of nitrogens with zero attached hydrogens (tertiary/aromatic N) is 3. The zero-order chi connectivity index (χ0) is 10.7. The van der Waals surface area contributed by atoms with E-state index in [0.717, 1.165) is 5.56 Å². The Morgan fingerprint density at radius 2 is 2.33 bits per heavy atom. The Hall–Kier alpha value is -1.62. The molecule has 0 saturated heterocycles. The molecule has 6 heteroatoms. The standard InChI is InChI=1S/C9H8ClN3O2/c1-14-8-3-2-6(5-11-8)9-12-7(4-10)13-15-9/h2-3,5H,4H2,1H3. The van der Waals surface area contributed by atoms with E-state index in [0.29, 0.717) is 17.6 Å². The molecule has 0 spiro atoms. The summed E-state index contributed by atoms with van der Waals surface area (Å²) >= 11 is 5.55. The quantitative estimate of drug-likeness (QED) is 0.747. The van der Waals surface area contributed by atoms with Crippen LogP contribution in [0, 0.1) is 0 Å². The molecule has 0 bridgehead atoms. The second kappa shape index (κ2) is 4.27. The third kappa shape index (κ3) is 2.07. The van der Waals surface area contributed by atoms with Gasteiger partial charge in [-0.15, -0.1) is 11.6 Å². The highest BCUT2D eigenvalue weighted by atomic mass is 35.5. The van der Waals surface area contributed by atoms with Crippen molar-refractivity contribution in [2.45, 2.75) is 5.88 Å². The summed E-state index contributed by atoms with van der Waals surface area (Å²) in [6.45, 7) is 0. The molecule has 2 rings (SSSR count). The fourth-order valence-electron chi connectivity index (χ4n) is 1.05. The maximum atomic E-state index is 5.55. The van der Waals surface area contributed by atoms with E-state index in [4.69, 9.17) is 20.9 Å². The van der Waals surface area contributed by atoms with Crippen LogP contribution >= 0.6 is 11.6 Å². The highest BCUT2D eigenvalue weighted by molar-refractivity contribution is 6.16. The summed E-state index contributed by atoms with van der Waals surface area (Å²) < 4.78 is 9.92. The van der Waals surface area contributed by atoms with Gasteiger partial charge in [0.2, 0.25) is 5.88 Å². The topological polar surface area (TPSA) is 61.0 Å². The minimum atomic E-state index is 0.229. The van der Waals surface area contributed by atoms with Crippen LogP contribution in [0.25, 0.3) is 11.5 Å². The number of pyridine rings is 1. The third-order valence-corrected chi connectivity index (χ3v) is 2.02. The monoisotopic (exact) mass is 225 g/mol. The van der Waals surface area contributed by atoms with E-state index in [1.54, 1.807) is 25.4 Å². The molecule has 78 valence electrons. The van der Waals surface area contributed by atoms with Crippen LogP contribution in [0.1, 0.15) is 5.82 Å². The second-order valence-corrected chi connectivity index (χ2v) is 3.01. The maximum Gasteiger partial charge on any atom is 0.259 e. The van der Waals surface area contributed by atoms with Crippen molar-refractivity contribution in [1.82, 2.24) is 15.1 Å². The van der Waals surface area contributed by atoms with Gasteiger partial charge in [-0.2, -0.15) is 4.98 Å². The van der Waals surface area contributed by atoms with Crippen LogP contribution in [0.4, 0.5) is 0 Å². The molecule has 5 nitrogen and oxygen atoms in total. The first-order valence-electron chi connectivity index (χ1n) is 4.22. The summed E-state index contributed by atoms with van der Waals surface area (Å²) in [6, 6.07) is 3.51. The van der Waals surface area contributed by atoms with Crippen molar-refractivity contribution in [2.24, 2.45) is 0 Å². The van der Waals surface area contributed by atoms with Gasteiger partial charge >= 0.3 is 0 Å². The van der Waals surface area contributed by atoms with Gasteiger partial charge in [-0.25, -0.2) is 4.98 Å². The van der Waals surface area contributed by atoms with Crippen LogP contribution in [-0.2, 0) is 5.88 Å². The van der Waals surface area contributed by atoms with Crippen LogP contribution in [0.2, 0.25) is 0 Å². The summed E-state index contributed by atoms with van der Waals surface area (Å²) in [4.78, 5) is 8.09. The van der Waals surface area contributed by atoms with E-state index in [1.165, 1.54) is 0 Å². The molecular weight excluding hydrogens is 218 g/mol. The van der Waals surface area contributed by atoms with Gasteiger partial charge in [0, 0.05) is 12.3 Å². The van der Waals surface area contributed by atoms with Crippen molar-refractivity contribution in [2.75, 3.05) is 7.11 Å². The Bertz CT molecular complexity index is 441. The summed E-state index contributed by atoms with van der Waals surface area (Å²) in [5.41, 5.74) is 0.736. The fraction of sp³-hybridized carbons (Fsp3) is 0.222. The van der Waals surface area contributed by atoms with E-state index in [2.05, 4.69) is 15.1 Å². The molecule has 0 atom stereocenters. The number of rotatable bonds is 3. The fourth-order valence-corrected chi connectivity index (χ4v) is 1.16. The lowest BCUT2D eigenvalue weighted by molar-refractivity contribution is 0.397. The molecule has 2 heterocycles. The normalized spacial score (nSPS) is 10.3. The summed E-state index contributed by atoms with van der Waals surface area (Å²) in [6.07, 6.45) is 1.60. The van der Waals surface area contributed by atoms with Crippen LogP contribution in [-0.4, -0.2) is 22.2 Å². The van der Waals surface area contributed by atoms with E-state index in [1.807, 2.05) is 0 Å². The number of hydrogen-bond donors (Lipinski definition) is 0. The molecule has 2 aromatic heterocycles. The highest BCUT2D eigenvalue weighted by Gasteiger charge is 2.08. The number of alkyl halides is 1. The van der Waals surface area contributed by atoms with Gasteiger partial charge in [-0.3, -0.25) is 0 Å². The second-order valence-electron chi connectivity index (χ2n) is 2.74. The van der Waals surface area contributed by atoms with Crippen molar-refractivity contribution in [3.05, 3.63) is 24.2 Å². The van der Waals surface area contributed by atoms with Crippen LogP contribution in [0.15, 0.2) is 22.9 Å². The Morgan fingerprint density at radius 3 is 2.87 bits per heavy atom. The number of methoxy groups -OCH3 is 1. The smallest absolute Gasteiger partial charge is 0.259 e. The van der Waals surface area contributed by atoms with Gasteiger partial charge in [0.1, 0.15) is 0 Å². The molecule has 0 N–H and O–H groups in total. The third-order valence-electron chi connectivity index (χ3n) is 1.78. The lowest BCUT2D eigenvalue weighted by Gasteiger charge is -1.97. The maximum absolute atomic E-state index is 5.55. The molecule has 0 aliphatic carbocycles. The molecule has 0 radical (unpaired) electrons. The number of aromatic nitrogens is 3. The zero-order valence-electron chi connectivity index (χ0n) is 7.98. The van der Waals surface area contributed by atoms with Gasteiger partial charge in [0.05, 0.1) is 18.6 Å². The van der Waals surface area contributed by atoms with E-state index >= 15 is 0 Å². The zero-order valence-corrected chi connectivity index (χ0v) is 8.73. The Morgan fingerprint density at radius 1 is 1.47 bits per heavy atom. The molecule has 0 aromatic carbocycles. The summed E-state index contributed by atoms with van der Waals surface area (Å²) in [5, 5.41) is 3.68. The number of hydrogen-bond acceptors (Lipinski definition) is 5. The number of ether oxygens (including phenoxy) is 1. The van der Waals surface area contributed by atoms with E-state index < -0.39 is 0 Å². The molecule has 0 aliphatic rings. The van der Waals surface area contributed by atoms with Crippen molar-refractivity contribution in [3.8, 4) is 17.3 Å². The molecule has 2 aromatic rings. The molecule has 0 aliphatic heterocycles. The van der Waals surface area contributed by atoms with Crippen molar-refractivity contribution in [1.29, 1.82) is 0 Å². The summed E-state index contributed by atoms with van der Waals surface area (Å²) in [7, 11) is 1.56. The minimum Gasteiger partial charge on any atom is -0.481 e. The SMILES string of the molecule is COc1ccc(-c2nc(CCl)no2)cn1. The highest BCUT2D eigenvalue weighted by Crippen LogP contribution is 2.18. The first-order chi connectivity index (χ1) is 7.33. The molecular formula is C9H8ClN3O2. The minimum absolute atomic E-state index is 0.229. The molecule has 0 fully saturated rings. The Balaban J connectivity index is 2.28. The average molecular weight is 226 g/mol. The van der Waals surface area contributed by atoms with Crippen molar-refractivity contribution >= 4 is 11.6 Å². The largest absolute Gasteiger partial charge is 0.481 e. The van der Waals surface area contributed by atoms with Gasteiger partial charge in [0.25, 0.3) is 5.89 Å². The lowest BCUT2D eigenvalue weighted by atomic mass is 10.3. The van der Waals surface area contributed by atoms with Gasteiger partial charge < -0.3 is 9.26 Å². The van der Waals surface area contributed by atoms with Gasteiger partial charge in [-0.05, 0) is 6.07 Å². The van der Waals surface area contributed by atoms with Crippen LogP contribution in [0.3, 0.4) is 0 Å². The van der Waals surface area contributed by atoms with Crippen LogP contribution < -0.4 is 4.74 Å². The Labute approximate surface area is 91.0 Å². The van der Waals surface area contributed by atoms with Crippen LogP contribution in [0.5, 0.6) is 5.88 Å². The molecule has 15 heavy (non-hydrogen) atoms. The molecule has 0 amide bonds. The first-order valence-corrected chi connectivity index (χ1v) is 4.76. The number of halogens is 1. The predicted octanol–water partition coefficient (Wildman–Crippen LogP) is 1.88. The van der Waals surface area contributed by atoms with Gasteiger partial charge in [-0.1, -0.05) is 5.16 Å². The van der Waals surface area contributed by atoms with E-state index in [9.17, 15) is 0 Å². The average Bonchev–Trinajstić information content (AvgIpc) is 2.78. The molecule has 0 unspecified atom stereocenters. The summed E-state index contributed by atoms with van der Waals surface area (Å²) in [5.74, 6) is 1.63.